The van der Waals surface area contributed by atoms with Crippen LogP contribution >= 0.6 is 35.3 Å². The number of rotatable bonds is 8. The highest BCUT2D eigenvalue weighted by molar-refractivity contribution is 7.22. The fraction of sp³-hybridized carbons (Fsp3) is 0.391. The molecule has 0 N–H and O–H groups in total. The van der Waals surface area contributed by atoms with Crippen molar-refractivity contribution < 1.29 is 9.53 Å². The summed E-state index contributed by atoms with van der Waals surface area (Å²) in [5.74, 6) is 0.693. The number of benzene rings is 2. The van der Waals surface area contributed by atoms with Crippen molar-refractivity contribution in [3.05, 3.63) is 52.5 Å². The lowest BCUT2D eigenvalue weighted by Crippen LogP contribution is -2.33. The van der Waals surface area contributed by atoms with E-state index in [1.807, 2.05) is 71.3 Å². The maximum absolute atomic E-state index is 13.4. The van der Waals surface area contributed by atoms with Crippen LogP contribution in [0.4, 0.5) is 5.13 Å². The predicted molar refractivity (Wildman–Crippen MR) is 134 cm³/mol. The molecule has 2 aromatic carbocycles. The van der Waals surface area contributed by atoms with E-state index >= 15 is 0 Å². The molecule has 1 amide bonds. The Hall–Kier alpha value is -1.86. The molecule has 0 aliphatic heterocycles. The second-order valence-electron chi connectivity index (χ2n) is 7.87. The van der Waals surface area contributed by atoms with Crippen LogP contribution in [0.3, 0.4) is 0 Å². The highest BCUT2D eigenvalue weighted by Crippen LogP contribution is 2.34. The van der Waals surface area contributed by atoms with E-state index in [2.05, 4.69) is 4.90 Å². The number of hydrogen-bond donors (Lipinski definition) is 0. The molecule has 1 aromatic heterocycles. The third kappa shape index (κ3) is 6.56. The van der Waals surface area contributed by atoms with Gasteiger partial charge in [-0.1, -0.05) is 22.9 Å². The molecule has 0 atom stereocenters. The molecule has 0 fully saturated rings. The summed E-state index contributed by atoms with van der Waals surface area (Å²) in [6.07, 6.45) is 0.940. The summed E-state index contributed by atoms with van der Waals surface area (Å²) in [4.78, 5) is 22.1. The zero-order valence-electron chi connectivity index (χ0n) is 18.5. The average Bonchev–Trinajstić information content (AvgIpc) is 3.08. The van der Waals surface area contributed by atoms with Gasteiger partial charge in [-0.15, -0.1) is 12.4 Å². The Morgan fingerprint density at radius 3 is 2.45 bits per heavy atom. The number of thiazole rings is 1. The van der Waals surface area contributed by atoms with Gasteiger partial charge in [0.2, 0.25) is 0 Å². The van der Waals surface area contributed by atoms with Crippen LogP contribution in [-0.2, 0) is 0 Å². The molecule has 5 nitrogen and oxygen atoms in total. The Morgan fingerprint density at radius 1 is 1.16 bits per heavy atom. The molecule has 0 bridgehead atoms. The smallest absolute Gasteiger partial charge is 0.260 e. The van der Waals surface area contributed by atoms with E-state index in [0.717, 1.165) is 34.5 Å². The summed E-state index contributed by atoms with van der Waals surface area (Å²) >= 11 is 7.72. The minimum Gasteiger partial charge on any atom is -0.491 e. The zero-order chi connectivity index (χ0) is 21.8. The number of aromatic nitrogens is 1. The molecule has 0 aliphatic rings. The van der Waals surface area contributed by atoms with E-state index in [9.17, 15) is 4.79 Å². The molecule has 0 unspecified atom stereocenters. The Balaban J connectivity index is 0.00000341. The van der Waals surface area contributed by atoms with E-state index in [4.69, 9.17) is 21.3 Å². The van der Waals surface area contributed by atoms with Crippen molar-refractivity contribution >= 4 is 56.6 Å². The number of carbonyl (C=O) groups excluding carboxylic acids is 1. The zero-order valence-corrected chi connectivity index (χ0v) is 20.9. The predicted octanol–water partition coefficient (Wildman–Crippen LogP) is 6.07. The van der Waals surface area contributed by atoms with Crippen LogP contribution in [0.2, 0.25) is 5.02 Å². The molecule has 0 radical (unpaired) electrons. The molecule has 3 rings (SSSR count). The van der Waals surface area contributed by atoms with Crippen LogP contribution in [0.5, 0.6) is 5.75 Å². The third-order valence-corrected chi connectivity index (χ3v) is 5.82. The lowest BCUT2D eigenvalue weighted by molar-refractivity contribution is 0.0986. The van der Waals surface area contributed by atoms with E-state index in [0.29, 0.717) is 22.3 Å². The maximum Gasteiger partial charge on any atom is 0.260 e. The van der Waals surface area contributed by atoms with Gasteiger partial charge in [-0.3, -0.25) is 9.69 Å². The second-order valence-corrected chi connectivity index (χ2v) is 9.32. The summed E-state index contributed by atoms with van der Waals surface area (Å²) in [5, 5.41) is 1.38. The van der Waals surface area contributed by atoms with Crippen LogP contribution in [0.1, 0.15) is 36.2 Å². The molecule has 31 heavy (non-hydrogen) atoms. The van der Waals surface area contributed by atoms with Crippen molar-refractivity contribution in [1.29, 1.82) is 0 Å². The van der Waals surface area contributed by atoms with Crippen LogP contribution in [-0.4, -0.2) is 49.1 Å². The standard InChI is InChI=1S/C23H28ClN3O2S.ClH/c1-15(2)29-19-9-7-17(8-10-19)22(28)27(12-6-11-26(4)5)23-25-21-16(3)13-18(24)14-20(21)30-23;/h7-10,13-15H,6,11-12H2,1-5H3;1H. The number of nitrogens with zero attached hydrogens (tertiary/aromatic N) is 3. The van der Waals surface area contributed by atoms with Gasteiger partial charge in [0, 0.05) is 17.1 Å². The van der Waals surface area contributed by atoms with Crippen molar-refractivity contribution in [2.75, 3.05) is 32.1 Å². The van der Waals surface area contributed by atoms with Crippen LogP contribution in [0.25, 0.3) is 10.2 Å². The van der Waals surface area contributed by atoms with Crippen LogP contribution < -0.4 is 9.64 Å². The number of amides is 1. The third-order valence-electron chi connectivity index (χ3n) is 4.58. The molecule has 1 heterocycles. The summed E-state index contributed by atoms with van der Waals surface area (Å²) in [6, 6.07) is 11.1. The van der Waals surface area contributed by atoms with Crippen LogP contribution in [0.15, 0.2) is 36.4 Å². The summed E-state index contributed by atoms with van der Waals surface area (Å²) in [7, 11) is 4.06. The number of aryl methyl sites for hydroxylation is 1. The Bertz CT molecular complexity index is 1020. The fourth-order valence-corrected chi connectivity index (χ4v) is 4.64. The number of halogens is 2. The largest absolute Gasteiger partial charge is 0.491 e. The van der Waals surface area contributed by atoms with Gasteiger partial charge in [0.15, 0.2) is 5.13 Å². The number of fused-ring (bicyclic) bond motifs is 1. The van der Waals surface area contributed by atoms with E-state index < -0.39 is 0 Å². The Kier molecular flexibility index (Phi) is 9.13. The Morgan fingerprint density at radius 2 is 1.84 bits per heavy atom. The summed E-state index contributed by atoms with van der Waals surface area (Å²) in [6.45, 7) is 7.43. The van der Waals surface area contributed by atoms with Crippen molar-refractivity contribution in [3.63, 3.8) is 0 Å². The molecular formula is C23H29Cl2N3O2S. The van der Waals surface area contributed by atoms with Gasteiger partial charge >= 0.3 is 0 Å². The molecule has 0 saturated heterocycles. The first kappa shape index (κ1) is 25.4. The van der Waals surface area contributed by atoms with Gasteiger partial charge in [0.25, 0.3) is 5.91 Å². The molecule has 0 spiro atoms. The molecule has 168 valence electrons. The van der Waals surface area contributed by atoms with Crippen molar-refractivity contribution in [3.8, 4) is 5.75 Å². The fourth-order valence-electron chi connectivity index (χ4n) is 3.19. The van der Waals surface area contributed by atoms with E-state index in [1.165, 1.54) is 11.3 Å². The first-order valence-electron chi connectivity index (χ1n) is 10.0. The average molecular weight is 482 g/mol. The SMILES string of the molecule is Cc1cc(Cl)cc2sc(N(CCCN(C)C)C(=O)c3ccc(OC(C)C)cc3)nc12.Cl. The topological polar surface area (TPSA) is 45.7 Å². The molecule has 8 heteroatoms. The molecular weight excluding hydrogens is 453 g/mol. The highest BCUT2D eigenvalue weighted by atomic mass is 35.5. The van der Waals surface area contributed by atoms with Crippen LogP contribution in [0, 0.1) is 6.92 Å². The summed E-state index contributed by atoms with van der Waals surface area (Å²) < 4.78 is 6.68. The van der Waals surface area contributed by atoms with Gasteiger partial charge in [-0.2, -0.15) is 0 Å². The van der Waals surface area contributed by atoms with E-state index in [-0.39, 0.29) is 24.4 Å². The number of anilines is 1. The molecule has 0 aliphatic carbocycles. The lowest BCUT2D eigenvalue weighted by Gasteiger charge is -2.21. The number of carbonyl (C=O) groups is 1. The van der Waals surface area contributed by atoms with Gasteiger partial charge in [0.1, 0.15) is 5.75 Å². The normalized spacial score (nSPS) is 11.1. The minimum absolute atomic E-state index is 0. The number of ether oxygens (including phenoxy) is 1. The first-order chi connectivity index (χ1) is 14.2. The van der Waals surface area contributed by atoms with Crippen molar-refractivity contribution in [2.24, 2.45) is 0 Å². The lowest BCUT2D eigenvalue weighted by atomic mass is 10.2. The van der Waals surface area contributed by atoms with Crippen molar-refractivity contribution in [2.45, 2.75) is 33.3 Å². The van der Waals surface area contributed by atoms with E-state index in [1.54, 1.807) is 4.90 Å². The molecule has 0 saturated carbocycles. The van der Waals surface area contributed by atoms with Gasteiger partial charge in [-0.25, -0.2) is 4.98 Å². The Labute approximate surface area is 199 Å². The number of hydrogen-bond acceptors (Lipinski definition) is 5. The van der Waals surface area contributed by atoms with Gasteiger partial charge in [-0.05, 0) is 89.8 Å². The minimum atomic E-state index is -0.0624. The second kappa shape index (κ2) is 11.1. The molecule has 3 aromatic rings. The van der Waals surface area contributed by atoms with Crippen molar-refractivity contribution in [1.82, 2.24) is 9.88 Å². The maximum atomic E-state index is 13.4. The highest BCUT2D eigenvalue weighted by Gasteiger charge is 2.22. The summed E-state index contributed by atoms with van der Waals surface area (Å²) in [5.41, 5.74) is 2.52. The van der Waals surface area contributed by atoms with Gasteiger partial charge < -0.3 is 9.64 Å². The van der Waals surface area contributed by atoms with Gasteiger partial charge in [0.05, 0.1) is 16.3 Å². The first-order valence-corrected chi connectivity index (χ1v) is 11.2. The quantitative estimate of drug-likeness (QED) is 0.391. The monoisotopic (exact) mass is 481 g/mol.